The summed E-state index contributed by atoms with van der Waals surface area (Å²) >= 11 is 0. The Hall–Kier alpha value is -2.34. The maximum Gasteiger partial charge on any atom is 0.191 e. The fourth-order valence-corrected chi connectivity index (χ4v) is 2.92. The second-order valence-corrected chi connectivity index (χ2v) is 7.16. The third-order valence-electron chi connectivity index (χ3n) is 4.50. The van der Waals surface area contributed by atoms with Crippen molar-refractivity contribution in [2.75, 3.05) is 26.2 Å². The summed E-state index contributed by atoms with van der Waals surface area (Å²) in [7, 11) is 0. The van der Waals surface area contributed by atoms with Gasteiger partial charge in [-0.25, -0.2) is 0 Å². The van der Waals surface area contributed by atoms with Gasteiger partial charge in [-0.15, -0.1) is 0 Å². The van der Waals surface area contributed by atoms with Crippen LogP contribution in [0.4, 0.5) is 0 Å². The second-order valence-electron chi connectivity index (χ2n) is 7.16. The lowest BCUT2D eigenvalue weighted by Crippen LogP contribution is -2.38. The number of hydrogen-bond donors (Lipinski definition) is 2. The minimum Gasteiger partial charge on any atom is -0.376 e. The number of aromatic nitrogens is 1. The predicted molar refractivity (Wildman–Crippen MR) is 114 cm³/mol. The standard InChI is InChI=1S/C22H34N4O2/c1-5-23-22(24-13-9-12-21-18(3)26-28-19(21)4)25-14-17(2)15-27-16-20-10-7-6-8-11-20/h6-8,10-11,17H,5,9,12-16H2,1-4H3,(H2,23,24,25). The Labute approximate surface area is 168 Å². The number of nitrogens with zero attached hydrogens (tertiary/aromatic N) is 2. The molecule has 0 bridgehead atoms. The van der Waals surface area contributed by atoms with Gasteiger partial charge in [-0.3, -0.25) is 4.99 Å². The highest BCUT2D eigenvalue weighted by atomic mass is 16.5. The van der Waals surface area contributed by atoms with Crippen molar-refractivity contribution < 1.29 is 9.26 Å². The number of nitrogens with one attached hydrogen (secondary N) is 2. The van der Waals surface area contributed by atoms with Crippen LogP contribution in [0.5, 0.6) is 0 Å². The van der Waals surface area contributed by atoms with Crippen LogP contribution in [-0.4, -0.2) is 37.4 Å². The molecule has 0 aliphatic rings. The quantitative estimate of drug-likeness (QED) is 0.350. The Morgan fingerprint density at radius 1 is 1.21 bits per heavy atom. The molecule has 0 saturated heterocycles. The number of benzene rings is 1. The van der Waals surface area contributed by atoms with Gasteiger partial charge in [0.2, 0.25) is 0 Å². The number of aliphatic imine (C=N–C) groups is 1. The van der Waals surface area contributed by atoms with Crippen molar-refractivity contribution in [1.82, 2.24) is 15.8 Å². The molecule has 1 unspecified atom stereocenters. The van der Waals surface area contributed by atoms with Crippen LogP contribution < -0.4 is 10.6 Å². The highest BCUT2D eigenvalue weighted by Crippen LogP contribution is 2.13. The van der Waals surface area contributed by atoms with E-state index in [2.05, 4.69) is 41.8 Å². The van der Waals surface area contributed by atoms with Gasteiger partial charge in [0.05, 0.1) is 18.9 Å². The third-order valence-corrected chi connectivity index (χ3v) is 4.50. The van der Waals surface area contributed by atoms with Crippen molar-refractivity contribution in [3.05, 3.63) is 52.9 Å². The van der Waals surface area contributed by atoms with Crippen molar-refractivity contribution in [3.63, 3.8) is 0 Å². The smallest absolute Gasteiger partial charge is 0.191 e. The van der Waals surface area contributed by atoms with Crippen molar-refractivity contribution in [3.8, 4) is 0 Å². The molecule has 6 heteroatoms. The summed E-state index contributed by atoms with van der Waals surface area (Å²) in [5.41, 5.74) is 3.40. The normalized spacial score (nSPS) is 12.8. The lowest BCUT2D eigenvalue weighted by atomic mass is 10.1. The molecular formula is C22H34N4O2. The van der Waals surface area contributed by atoms with Gasteiger partial charge >= 0.3 is 0 Å². The summed E-state index contributed by atoms with van der Waals surface area (Å²) in [5, 5.41) is 10.7. The Morgan fingerprint density at radius 3 is 2.68 bits per heavy atom. The molecule has 0 aliphatic heterocycles. The molecule has 2 N–H and O–H groups in total. The number of rotatable bonds is 11. The van der Waals surface area contributed by atoms with Crippen molar-refractivity contribution in [1.29, 1.82) is 0 Å². The topological polar surface area (TPSA) is 71.7 Å². The zero-order valence-electron chi connectivity index (χ0n) is 17.6. The summed E-state index contributed by atoms with van der Waals surface area (Å²) in [4.78, 5) is 4.69. The molecule has 154 valence electrons. The maximum atomic E-state index is 5.81. The average molecular weight is 387 g/mol. The molecule has 1 heterocycles. The van der Waals surface area contributed by atoms with Gasteiger partial charge in [-0.2, -0.15) is 0 Å². The third kappa shape index (κ3) is 7.72. The van der Waals surface area contributed by atoms with Crippen LogP contribution in [0.25, 0.3) is 0 Å². The molecule has 0 spiro atoms. The Morgan fingerprint density at radius 2 is 2.00 bits per heavy atom. The number of hydrogen-bond acceptors (Lipinski definition) is 4. The molecule has 1 atom stereocenters. The minimum atomic E-state index is 0.362. The monoisotopic (exact) mass is 386 g/mol. The van der Waals surface area contributed by atoms with Crippen LogP contribution in [-0.2, 0) is 17.8 Å². The van der Waals surface area contributed by atoms with E-state index in [1.54, 1.807) is 0 Å². The number of aryl methyl sites for hydroxylation is 2. The zero-order chi connectivity index (χ0) is 20.2. The van der Waals surface area contributed by atoms with Crippen LogP contribution in [0, 0.1) is 19.8 Å². The second kappa shape index (κ2) is 12.2. The zero-order valence-corrected chi connectivity index (χ0v) is 17.6. The molecule has 2 aromatic rings. The first kappa shape index (κ1) is 22.0. The lowest BCUT2D eigenvalue weighted by molar-refractivity contribution is 0.0945. The Bertz CT molecular complexity index is 693. The van der Waals surface area contributed by atoms with E-state index in [0.29, 0.717) is 19.1 Å². The first-order valence-corrected chi connectivity index (χ1v) is 10.2. The van der Waals surface area contributed by atoms with Gasteiger partial charge in [-0.05, 0) is 45.1 Å². The van der Waals surface area contributed by atoms with E-state index >= 15 is 0 Å². The van der Waals surface area contributed by atoms with Crippen molar-refractivity contribution in [2.24, 2.45) is 10.9 Å². The number of guanidine groups is 1. The van der Waals surface area contributed by atoms with Crippen LogP contribution >= 0.6 is 0 Å². The van der Waals surface area contributed by atoms with Crippen LogP contribution in [0.2, 0.25) is 0 Å². The predicted octanol–water partition coefficient (Wildman–Crippen LogP) is 3.63. The van der Waals surface area contributed by atoms with Gasteiger partial charge in [-0.1, -0.05) is 42.4 Å². The van der Waals surface area contributed by atoms with Crippen LogP contribution in [0.15, 0.2) is 39.8 Å². The van der Waals surface area contributed by atoms with Crippen LogP contribution in [0.3, 0.4) is 0 Å². The summed E-state index contributed by atoms with van der Waals surface area (Å²) in [6.07, 6.45) is 1.96. The molecule has 28 heavy (non-hydrogen) atoms. The van der Waals surface area contributed by atoms with Gasteiger partial charge in [0.15, 0.2) is 5.96 Å². The highest BCUT2D eigenvalue weighted by Gasteiger charge is 2.08. The Kier molecular flexibility index (Phi) is 9.55. The fraction of sp³-hybridized carbons (Fsp3) is 0.545. The van der Waals surface area contributed by atoms with Gasteiger partial charge < -0.3 is 19.9 Å². The minimum absolute atomic E-state index is 0.362. The van der Waals surface area contributed by atoms with E-state index in [1.165, 1.54) is 11.1 Å². The molecule has 1 aromatic heterocycles. The molecule has 1 aromatic carbocycles. The lowest BCUT2D eigenvalue weighted by Gasteiger charge is -2.14. The van der Waals surface area contributed by atoms with Gasteiger partial charge in [0.25, 0.3) is 0 Å². The summed E-state index contributed by atoms with van der Waals surface area (Å²) in [5.74, 6) is 2.14. The molecule has 0 aliphatic carbocycles. The first-order valence-electron chi connectivity index (χ1n) is 10.2. The van der Waals surface area contributed by atoms with E-state index in [0.717, 1.165) is 49.9 Å². The first-order chi connectivity index (χ1) is 13.6. The van der Waals surface area contributed by atoms with Crippen LogP contribution in [0.1, 0.15) is 42.8 Å². The number of ether oxygens (including phenoxy) is 1. The summed E-state index contributed by atoms with van der Waals surface area (Å²) in [6.45, 7) is 12.0. The van der Waals surface area contributed by atoms with Gasteiger partial charge in [0, 0.05) is 25.2 Å². The molecule has 0 amide bonds. The summed E-state index contributed by atoms with van der Waals surface area (Å²) < 4.78 is 11.0. The highest BCUT2D eigenvalue weighted by molar-refractivity contribution is 5.79. The average Bonchev–Trinajstić information content (AvgIpc) is 3.02. The van der Waals surface area contributed by atoms with E-state index in [4.69, 9.17) is 14.3 Å². The Balaban J connectivity index is 1.68. The largest absolute Gasteiger partial charge is 0.376 e. The molecule has 0 fully saturated rings. The maximum absolute atomic E-state index is 5.81. The van der Waals surface area contributed by atoms with Gasteiger partial charge in [0.1, 0.15) is 5.76 Å². The molecule has 2 rings (SSSR count). The molecule has 0 saturated carbocycles. The van der Waals surface area contributed by atoms with E-state index in [-0.39, 0.29) is 0 Å². The fourth-order valence-electron chi connectivity index (χ4n) is 2.92. The SMILES string of the molecule is CCNC(=NCC(C)COCc1ccccc1)NCCCc1c(C)noc1C. The van der Waals surface area contributed by atoms with Crippen molar-refractivity contribution >= 4 is 5.96 Å². The van der Waals surface area contributed by atoms with E-state index in [1.807, 2.05) is 32.0 Å². The molecule has 6 nitrogen and oxygen atoms in total. The summed E-state index contributed by atoms with van der Waals surface area (Å²) in [6, 6.07) is 10.3. The van der Waals surface area contributed by atoms with E-state index in [9.17, 15) is 0 Å². The van der Waals surface area contributed by atoms with Crippen molar-refractivity contribution in [2.45, 2.75) is 47.1 Å². The molecular weight excluding hydrogens is 352 g/mol. The van der Waals surface area contributed by atoms with E-state index < -0.39 is 0 Å². The molecule has 0 radical (unpaired) electrons.